The Hall–Kier alpha value is -1.55. The monoisotopic (exact) mass is 236 g/mol. The summed E-state index contributed by atoms with van der Waals surface area (Å²) in [6.45, 7) is 5.61. The highest BCUT2D eigenvalue weighted by molar-refractivity contribution is 5.99. The van der Waals surface area contributed by atoms with Crippen LogP contribution >= 0.6 is 0 Å². The van der Waals surface area contributed by atoms with Crippen molar-refractivity contribution < 1.29 is 9.53 Å². The van der Waals surface area contributed by atoms with Crippen molar-refractivity contribution in [3.05, 3.63) is 29.3 Å². The van der Waals surface area contributed by atoms with E-state index in [0.29, 0.717) is 30.9 Å². The van der Waals surface area contributed by atoms with Crippen molar-refractivity contribution in [1.82, 2.24) is 4.90 Å². The first-order chi connectivity index (χ1) is 8.11. The highest BCUT2D eigenvalue weighted by atomic mass is 16.5. The average molecular weight is 236 g/mol. The van der Waals surface area contributed by atoms with Crippen LogP contribution in [0.25, 0.3) is 0 Å². The van der Waals surface area contributed by atoms with Crippen LogP contribution in [0.2, 0.25) is 0 Å². The van der Waals surface area contributed by atoms with Gasteiger partial charge < -0.3 is 15.4 Å². The molecule has 4 nitrogen and oxygen atoms in total. The normalized spacial score (nSPS) is 10.3. The maximum absolute atomic E-state index is 12.2. The van der Waals surface area contributed by atoms with Gasteiger partial charge in [-0.25, -0.2) is 0 Å². The number of likely N-dealkylation sites (N-methyl/N-ethyl adjacent to an activating group) is 1. The number of anilines is 1. The third-order valence-corrected chi connectivity index (χ3v) is 2.79. The summed E-state index contributed by atoms with van der Waals surface area (Å²) in [5.74, 6) is -0.0363. The summed E-state index contributed by atoms with van der Waals surface area (Å²) in [6.07, 6.45) is 0. The Kier molecular flexibility index (Phi) is 4.97. The molecule has 94 valence electrons. The molecule has 0 spiro atoms. The Morgan fingerprint density at radius 1 is 1.47 bits per heavy atom. The lowest BCUT2D eigenvalue weighted by Crippen LogP contribution is -2.34. The predicted molar refractivity (Wildman–Crippen MR) is 69.0 cm³/mol. The summed E-state index contributed by atoms with van der Waals surface area (Å²) in [5.41, 5.74) is 7.99. The molecule has 0 saturated heterocycles. The van der Waals surface area contributed by atoms with E-state index in [-0.39, 0.29) is 5.91 Å². The van der Waals surface area contributed by atoms with Crippen LogP contribution in [-0.2, 0) is 4.74 Å². The smallest absolute Gasteiger partial charge is 0.256 e. The van der Waals surface area contributed by atoms with Gasteiger partial charge in [0.25, 0.3) is 5.91 Å². The van der Waals surface area contributed by atoms with Crippen molar-refractivity contribution in [3.63, 3.8) is 0 Å². The number of hydrogen-bond donors (Lipinski definition) is 1. The van der Waals surface area contributed by atoms with Crippen LogP contribution in [0.5, 0.6) is 0 Å². The van der Waals surface area contributed by atoms with E-state index in [9.17, 15) is 4.79 Å². The van der Waals surface area contributed by atoms with Crippen molar-refractivity contribution in [2.45, 2.75) is 13.8 Å². The highest BCUT2D eigenvalue weighted by Crippen LogP contribution is 2.18. The second-order valence-corrected chi connectivity index (χ2v) is 3.91. The molecule has 1 rings (SSSR count). The lowest BCUT2D eigenvalue weighted by molar-refractivity contribution is 0.0707. The Bertz CT molecular complexity index is 391. The molecule has 0 fully saturated rings. The second kappa shape index (κ2) is 6.25. The minimum atomic E-state index is -0.0363. The molecule has 17 heavy (non-hydrogen) atoms. The zero-order chi connectivity index (χ0) is 12.8. The molecule has 1 amide bonds. The predicted octanol–water partition coefficient (Wildman–Crippen LogP) is 1.69. The Morgan fingerprint density at radius 2 is 2.18 bits per heavy atom. The maximum atomic E-state index is 12.2. The van der Waals surface area contributed by atoms with Crippen LogP contribution in [0.3, 0.4) is 0 Å². The number of nitrogens with zero attached hydrogens (tertiary/aromatic N) is 1. The Balaban J connectivity index is 2.90. The molecule has 0 heterocycles. The minimum absolute atomic E-state index is 0.0363. The molecule has 0 bridgehead atoms. The first-order valence-electron chi connectivity index (χ1n) is 5.75. The van der Waals surface area contributed by atoms with Gasteiger partial charge in [-0.05, 0) is 25.5 Å². The second-order valence-electron chi connectivity index (χ2n) is 3.91. The van der Waals surface area contributed by atoms with E-state index >= 15 is 0 Å². The Morgan fingerprint density at radius 3 is 2.76 bits per heavy atom. The van der Waals surface area contributed by atoms with E-state index in [4.69, 9.17) is 10.5 Å². The van der Waals surface area contributed by atoms with Crippen LogP contribution in [0, 0.1) is 6.92 Å². The van der Waals surface area contributed by atoms with Crippen molar-refractivity contribution in [2.24, 2.45) is 0 Å². The van der Waals surface area contributed by atoms with E-state index in [1.165, 1.54) is 0 Å². The molecule has 0 aromatic heterocycles. The van der Waals surface area contributed by atoms with Gasteiger partial charge in [-0.2, -0.15) is 0 Å². The molecule has 4 heteroatoms. The molecule has 2 N–H and O–H groups in total. The number of nitrogen functional groups attached to an aromatic ring is 1. The molecule has 0 atom stereocenters. The summed E-state index contributed by atoms with van der Waals surface area (Å²) < 4.78 is 4.99. The molecular weight excluding hydrogens is 216 g/mol. The first-order valence-corrected chi connectivity index (χ1v) is 5.75. The number of nitrogens with two attached hydrogens (primary N) is 1. The first kappa shape index (κ1) is 13.5. The standard InChI is InChI=1S/C13H20N2O2/c1-4-15(8-9-17-3)13(16)11-7-5-6-10(2)12(11)14/h5-7H,4,8-9,14H2,1-3H3. The molecular formula is C13H20N2O2. The van der Waals surface area contributed by atoms with Crippen LogP contribution in [0.1, 0.15) is 22.8 Å². The summed E-state index contributed by atoms with van der Waals surface area (Å²) in [4.78, 5) is 14.0. The Labute approximate surface area is 102 Å². The van der Waals surface area contributed by atoms with Crippen LogP contribution in [0.4, 0.5) is 5.69 Å². The van der Waals surface area contributed by atoms with Crippen LogP contribution in [-0.4, -0.2) is 37.6 Å². The number of ether oxygens (including phenoxy) is 1. The van der Waals surface area contributed by atoms with Gasteiger partial charge in [0.2, 0.25) is 0 Å². The zero-order valence-electron chi connectivity index (χ0n) is 10.7. The van der Waals surface area contributed by atoms with Crippen molar-refractivity contribution in [1.29, 1.82) is 0 Å². The van der Waals surface area contributed by atoms with E-state index in [0.717, 1.165) is 5.56 Å². The van der Waals surface area contributed by atoms with Gasteiger partial charge in [0.15, 0.2) is 0 Å². The number of carbonyl (C=O) groups excluding carboxylic acids is 1. The number of rotatable bonds is 5. The van der Waals surface area contributed by atoms with Crippen LogP contribution in [0.15, 0.2) is 18.2 Å². The molecule has 0 saturated carbocycles. The third kappa shape index (κ3) is 3.20. The number of aryl methyl sites for hydroxylation is 1. The summed E-state index contributed by atoms with van der Waals surface area (Å²) in [7, 11) is 1.62. The molecule has 0 aliphatic carbocycles. The molecule has 0 unspecified atom stereocenters. The van der Waals surface area contributed by atoms with E-state index in [2.05, 4.69) is 0 Å². The van der Waals surface area contributed by atoms with Gasteiger partial charge in [-0.15, -0.1) is 0 Å². The number of carbonyl (C=O) groups is 1. The summed E-state index contributed by atoms with van der Waals surface area (Å²) >= 11 is 0. The van der Waals surface area contributed by atoms with Crippen molar-refractivity contribution >= 4 is 11.6 Å². The SMILES string of the molecule is CCN(CCOC)C(=O)c1cccc(C)c1N. The molecule has 1 aromatic carbocycles. The van der Waals surface area contributed by atoms with Crippen molar-refractivity contribution in [3.8, 4) is 0 Å². The number of hydrogen-bond acceptors (Lipinski definition) is 3. The van der Waals surface area contributed by atoms with Gasteiger partial charge >= 0.3 is 0 Å². The number of amides is 1. The lowest BCUT2D eigenvalue weighted by Gasteiger charge is -2.21. The van der Waals surface area contributed by atoms with Crippen LogP contribution < -0.4 is 5.73 Å². The number of para-hydroxylation sites is 1. The maximum Gasteiger partial charge on any atom is 0.256 e. The minimum Gasteiger partial charge on any atom is -0.398 e. The van der Waals surface area contributed by atoms with E-state index in [1.54, 1.807) is 18.1 Å². The van der Waals surface area contributed by atoms with E-state index < -0.39 is 0 Å². The lowest BCUT2D eigenvalue weighted by atomic mass is 10.1. The topological polar surface area (TPSA) is 55.6 Å². The largest absolute Gasteiger partial charge is 0.398 e. The fraction of sp³-hybridized carbons (Fsp3) is 0.462. The fourth-order valence-electron chi connectivity index (χ4n) is 1.64. The van der Waals surface area contributed by atoms with Crippen molar-refractivity contribution in [2.75, 3.05) is 32.5 Å². The average Bonchev–Trinajstić information content (AvgIpc) is 2.33. The fourth-order valence-corrected chi connectivity index (χ4v) is 1.64. The number of methoxy groups -OCH3 is 1. The van der Waals surface area contributed by atoms with Gasteiger partial charge in [-0.3, -0.25) is 4.79 Å². The summed E-state index contributed by atoms with van der Waals surface area (Å²) in [5, 5.41) is 0. The summed E-state index contributed by atoms with van der Waals surface area (Å²) in [6, 6.07) is 5.51. The van der Waals surface area contributed by atoms with Gasteiger partial charge in [0, 0.05) is 25.9 Å². The quantitative estimate of drug-likeness (QED) is 0.791. The van der Waals surface area contributed by atoms with Gasteiger partial charge in [0.05, 0.1) is 12.2 Å². The van der Waals surface area contributed by atoms with Gasteiger partial charge in [0.1, 0.15) is 0 Å². The number of benzene rings is 1. The molecule has 0 radical (unpaired) electrons. The zero-order valence-corrected chi connectivity index (χ0v) is 10.7. The molecule has 0 aliphatic rings. The van der Waals surface area contributed by atoms with Gasteiger partial charge in [-0.1, -0.05) is 12.1 Å². The molecule has 0 aliphatic heterocycles. The molecule has 1 aromatic rings. The van der Waals surface area contributed by atoms with E-state index in [1.807, 2.05) is 26.0 Å². The third-order valence-electron chi connectivity index (χ3n) is 2.79. The highest BCUT2D eigenvalue weighted by Gasteiger charge is 2.16.